The Morgan fingerprint density at radius 3 is 2.19 bits per heavy atom. The second-order valence-electron chi connectivity index (χ2n) is 7.52. The molecule has 0 aromatic heterocycles. The van der Waals surface area contributed by atoms with E-state index in [0.29, 0.717) is 12.1 Å². The van der Waals surface area contributed by atoms with Gasteiger partial charge in [0.05, 0.1) is 0 Å². The topological polar surface area (TPSA) is 53.6 Å². The fourth-order valence-corrected chi connectivity index (χ4v) is 2.88. The Hall–Kier alpha value is -0.810. The van der Waals surface area contributed by atoms with E-state index in [4.69, 9.17) is 4.74 Å². The first-order valence-electron chi connectivity index (χ1n) is 8.06. The quantitative estimate of drug-likeness (QED) is 0.818. The van der Waals surface area contributed by atoms with Crippen LogP contribution in [-0.4, -0.2) is 55.4 Å². The van der Waals surface area contributed by atoms with Crippen LogP contribution in [0.2, 0.25) is 0 Å². The molecule has 124 valence electrons. The summed E-state index contributed by atoms with van der Waals surface area (Å²) in [5.74, 6) is 0. The summed E-state index contributed by atoms with van der Waals surface area (Å²) in [5.41, 5.74) is -0.426. The average Bonchev–Trinajstić information content (AvgIpc) is 2.27. The second-order valence-corrected chi connectivity index (χ2v) is 7.52. The number of nitrogens with zero attached hydrogens (tertiary/aromatic N) is 1. The van der Waals surface area contributed by atoms with E-state index in [2.05, 4.69) is 36.6 Å². The van der Waals surface area contributed by atoms with Crippen LogP contribution in [-0.2, 0) is 4.74 Å². The molecule has 5 nitrogen and oxygen atoms in total. The van der Waals surface area contributed by atoms with Crippen molar-refractivity contribution in [1.82, 2.24) is 15.5 Å². The van der Waals surface area contributed by atoms with E-state index in [0.717, 1.165) is 32.2 Å². The number of rotatable bonds is 5. The van der Waals surface area contributed by atoms with E-state index in [1.54, 1.807) is 0 Å². The molecule has 0 heterocycles. The SMILES string of the molecule is CC(CN(C)C)NC1CCC(NC(=O)OC(C)(C)C)CC1. The van der Waals surface area contributed by atoms with Crippen LogP contribution in [0.4, 0.5) is 4.79 Å². The highest BCUT2D eigenvalue weighted by Gasteiger charge is 2.25. The highest BCUT2D eigenvalue weighted by Crippen LogP contribution is 2.19. The number of ether oxygens (including phenoxy) is 1. The molecule has 0 aromatic carbocycles. The smallest absolute Gasteiger partial charge is 0.407 e. The van der Waals surface area contributed by atoms with Crippen LogP contribution in [0.15, 0.2) is 0 Å². The lowest BCUT2D eigenvalue weighted by Gasteiger charge is -2.32. The molecule has 0 radical (unpaired) electrons. The highest BCUT2D eigenvalue weighted by molar-refractivity contribution is 5.68. The molecule has 1 aliphatic rings. The zero-order chi connectivity index (χ0) is 16.0. The van der Waals surface area contributed by atoms with E-state index in [1.807, 2.05) is 20.8 Å². The van der Waals surface area contributed by atoms with Gasteiger partial charge in [0.15, 0.2) is 0 Å². The third kappa shape index (κ3) is 8.27. The van der Waals surface area contributed by atoms with Crippen molar-refractivity contribution >= 4 is 6.09 Å². The minimum atomic E-state index is -0.426. The number of carbonyl (C=O) groups is 1. The Labute approximate surface area is 129 Å². The fourth-order valence-electron chi connectivity index (χ4n) is 2.88. The van der Waals surface area contributed by atoms with Crippen molar-refractivity contribution in [2.45, 2.75) is 77.1 Å². The first kappa shape index (κ1) is 18.2. The minimum absolute atomic E-state index is 0.252. The third-order valence-electron chi connectivity index (χ3n) is 3.61. The summed E-state index contributed by atoms with van der Waals surface area (Å²) < 4.78 is 5.30. The van der Waals surface area contributed by atoms with Crippen LogP contribution in [0.25, 0.3) is 0 Å². The van der Waals surface area contributed by atoms with Gasteiger partial charge in [0.2, 0.25) is 0 Å². The molecule has 1 saturated carbocycles. The minimum Gasteiger partial charge on any atom is -0.444 e. The standard InChI is InChI=1S/C16H33N3O2/c1-12(11-19(5)6)17-13-7-9-14(10-8-13)18-15(20)21-16(2,3)4/h12-14,17H,7-11H2,1-6H3,(H,18,20). The van der Waals surface area contributed by atoms with Gasteiger partial charge in [0.1, 0.15) is 5.60 Å². The van der Waals surface area contributed by atoms with Crippen LogP contribution in [0.3, 0.4) is 0 Å². The lowest BCUT2D eigenvalue weighted by Crippen LogP contribution is -2.47. The number of hydrogen-bond acceptors (Lipinski definition) is 4. The van der Waals surface area contributed by atoms with Crippen LogP contribution in [0.1, 0.15) is 53.4 Å². The van der Waals surface area contributed by atoms with Gasteiger partial charge < -0.3 is 20.3 Å². The number of amides is 1. The van der Waals surface area contributed by atoms with Crippen molar-refractivity contribution in [2.24, 2.45) is 0 Å². The summed E-state index contributed by atoms with van der Waals surface area (Å²) in [6.45, 7) is 8.94. The molecule has 0 bridgehead atoms. The molecule has 0 spiro atoms. The largest absolute Gasteiger partial charge is 0.444 e. The van der Waals surface area contributed by atoms with Crippen LogP contribution < -0.4 is 10.6 Å². The molecule has 1 fully saturated rings. The van der Waals surface area contributed by atoms with Crippen molar-refractivity contribution in [1.29, 1.82) is 0 Å². The predicted octanol–water partition coefficient (Wildman–Crippen LogP) is 2.36. The summed E-state index contributed by atoms with van der Waals surface area (Å²) in [4.78, 5) is 14.0. The van der Waals surface area contributed by atoms with E-state index >= 15 is 0 Å². The molecule has 1 atom stereocenters. The lowest BCUT2D eigenvalue weighted by atomic mass is 9.91. The van der Waals surface area contributed by atoms with Crippen LogP contribution >= 0.6 is 0 Å². The van der Waals surface area contributed by atoms with Crippen molar-refractivity contribution in [3.63, 3.8) is 0 Å². The van der Waals surface area contributed by atoms with E-state index in [-0.39, 0.29) is 12.1 Å². The third-order valence-corrected chi connectivity index (χ3v) is 3.61. The number of alkyl carbamates (subject to hydrolysis) is 1. The van der Waals surface area contributed by atoms with Gasteiger partial charge in [-0.3, -0.25) is 0 Å². The number of hydrogen-bond donors (Lipinski definition) is 2. The monoisotopic (exact) mass is 299 g/mol. The van der Waals surface area contributed by atoms with Crippen molar-refractivity contribution in [3.8, 4) is 0 Å². The van der Waals surface area contributed by atoms with Gasteiger partial charge in [-0.15, -0.1) is 0 Å². The zero-order valence-electron chi connectivity index (χ0n) is 14.5. The van der Waals surface area contributed by atoms with Gasteiger partial charge in [-0.25, -0.2) is 4.79 Å². The Bertz CT molecular complexity index is 318. The van der Waals surface area contributed by atoms with Gasteiger partial charge in [0.25, 0.3) is 0 Å². The normalized spacial score (nSPS) is 24.7. The highest BCUT2D eigenvalue weighted by atomic mass is 16.6. The van der Waals surface area contributed by atoms with Crippen molar-refractivity contribution in [2.75, 3.05) is 20.6 Å². The average molecular weight is 299 g/mol. The molecule has 0 saturated heterocycles. The Kier molecular flexibility index (Phi) is 6.94. The molecule has 21 heavy (non-hydrogen) atoms. The van der Waals surface area contributed by atoms with Gasteiger partial charge in [-0.05, 0) is 67.5 Å². The van der Waals surface area contributed by atoms with Gasteiger partial charge in [-0.2, -0.15) is 0 Å². The first-order chi connectivity index (χ1) is 9.65. The zero-order valence-corrected chi connectivity index (χ0v) is 14.5. The van der Waals surface area contributed by atoms with E-state index in [1.165, 1.54) is 0 Å². The summed E-state index contributed by atoms with van der Waals surface area (Å²) in [7, 11) is 4.19. The molecule has 1 unspecified atom stereocenters. The summed E-state index contributed by atoms with van der Waals surface area (Å²) in [5, 5.41) is 6.66. The Morgan fingerprint density at radius 1 is 1.19 bits per heavy atom. The van der Waals surface area contributed by atoms with E-state index in [9.17, 15) is 4.79 Å². The molecule has 1 amide bonds. The Balaban J connectivity index is 2.24. The maximum atomic E-state index is 11.8. The molecule has 1 rings (SSSR count). The molecule has 0 aliphatic heterocycles. The maximum absolute atomic E-state index is 11.8. The van der Waals surface area contributed by atoms with Gasteiger partial charge >= 0.3 is 6.09 Å². The second kappa shape index (κ2) is 7.99. The molecular weight excluding hydrogens is 266 g/mol. The lowest BCUT2D eigenvalue weighted by molar-refractivity contribution is 0.0489. The number of carbonyl (C=O) groups excluding carboxylic acids is 1. The molecular formula is C16H33N3O2. The van der Waals surface area contributed by atoms with Gasteiger partial charge in [0, 0.05) is 24.7 Å². The summed E-state index contributed by atoms with van der Waals surface area (Å²) in [6, 6.07) is 1.32. The van der Waals surface area contributed by atoms with Gasteiger partial charge in [-0.1, -0.05) is 0 Å². The molecule has 2 N–H and O–H groups in total. The van der Waals surface area contributed by atoms with Crippen molar-refractivity contribution < 1.29 is 9.53 Å². The molecule has 0 aromatic rings. The Morgan fingerprint density at radius 2 is 1.71 bits per heavy atom. The molecule has 5 heteroatoms. The fraction of sp³-hybridized carbons (Fsp3) is 0.938. The van der Waals surface area contributed by atoms with Crippen LogP contribution in [0.5, 0.6) is 0 Å². The summed E-state index contributed by atoms with van der Waals surface area (Å²) in [6.07, 6.45) is 3.97. The molecule has 1 aliphatic carbocycles. The first-order valence-corrected chi connectivity index (χ1v) is 8.06. The van der Waals surface area contributed by atoms with Crippen molar-refractivity contribution in [3.05, 3.63) is 0 Å². The summed E-state index contributed by atoms with van der Waals surface area (Å²) >= 11 is 0. The number of nitrogens with one attached hydrogen (secondary N) is 2. The van der Waals surface area contributed by atoms with Crippen LogP contribution in [0, 0.1) is 0 Å². The maximum Gasteiger partial charge on any atom is 0.407 e. The predicted molar refractivity (Wildman–Crippen MR) is 86.6 cm³/mol. The number of likely N-dealkylation sites (N-methyl/N-ethyl adjacent to an activating group) is 1. The van der Waals surface area contributed by atoms with E-state index < -0.39 is 5.60 Å².